The zero-order valence-corrected chi connectivity index (χ0v) is 10.5. The number of carbonyl (C=O) groups is 2. The summed E-state index contributed by atoms with van der Waals surface area (Å²) in [5.41, 5.74) is 1.40. The molecule has 0 fully saturated rings. The fraction of sp³-hybridized carbons (Fsp3) is 0.429. The molecule has 0 N–H and O–H groups in total. The lowest BCUT2D eigenvalue weighted by molar-refractivity contribution is -0.118. The molecular weight excluding hydrogens is 230 g/mol. The largest absolute Gasteiger partial charge is 0.385 e. The highest BCUT2D eigenvalue weighted by molar-refractivity contribution is 6.08. The molecule has 0 saturated heterocycles. The van der Waals surface area contributed by atoms with Crippen molar-refractivity contribution in [3.63, 3.8) is 0 Å². The number of benzene rings is 1. The van der Waals surface area contributed by atoms with Gasteiger partial charge in [-0.3, -0.25) is 9.59 Å². The van der Waals surface area contributed by atoms with Crippen LogP contribution in [-0.4, -0.2) is 32.0 Å². The van der Waals surface area contributed by atoms with Crippen LogP contribution in [0.2, 0.25) is 0 Å². The summed E-state index contributed by atoms with van der Waals surface area (Å²) in [6.07, 6.45) is 1.57. The number of nitrogens with zero attached hydrogens (tertiary/aromatic N) is 1. The van der Waals surface area contributed by atoms with Crippen LogP contribution in [-0.2, 0) is 9.53 Å². The van der Waals surface area contributed by atoms with Gasteiger partial charge in [-0.25, -0.2) is 0 Å². The first kappa shape index (κ1) is 12.8. The van der Waals surface area contributed by atoms with Crippen LogP contribution in [0.4, 0.5) is 5.69 Å². The molecule has 0 unspecified atom stereocenters. The lowest BCUT2D eigenvalue weighted by Gasteiger charge is -2.28. The standard InChI is InChI=1S/C14H17NO3/c1-18-10-4-7-14(17)15-9-8-13(16)11-5-2-3-6-12(11)15/h2-3,5-6H,4,7-10H2,1H3. The number of fused-ring (bicyclic) bond motifs is 1. The first-order valence-electron chi connectivity index (χ1n) is 6.15. The zero-order chi connectivity index (χ0) is 13.0. The Hall–Kier alpha value is -1.68. The quantitative estimate of drug-likeness (QED) is 0.765. The van der Waals surface area contributed by atoms with Crippen molar-refractivity contribution >= 4 is 17.4 Å². The summed E-state index contributed by atoms with van der Waals surface area (Å²) in [6, 6.07) is 7.30. The maximum Gasteiger partial charge on any atom is 0.227 e. The molecule has 18 heavy (non-hydrogen) atoms. The van der Waals surface area contributed by atoms with Gasteiger partial charge in [0.15, 0.2) is 5.78 Å². The number of Topliss-reactive ketones (excluding diaryl/α,β-unsaturated/α-hetero) is 1. The molecule has 2 rings (SSSR count). The van der Waals surface area contributed by atoms with Gasteiger partial charge in [0.05, 0.1) is 5.69 Å². The summed E-state index contributed by atoms with van der Waals surface area (Å²) in [4.78, 5) is 25.6. The van der Waals surface area contributed by atoms with Gasteiger partial charge in [0.2, 0.25) is 5.91 Å². The van der Waals surface area contributed by atoms with Gasteiger partial charge in [-0.05, 0) is 18.6 Å². The van der Waals surface area contributed by atoms with Gasteiger partial charge in [-0.1, -0.05) is 12.1 Å². The number of hydrogen-bond acceptors (Lipinski definition) is 3. The normalized spacial score (nSPS) is 14.5. The topological polar surface area (TPSA) is 46.6 Å². The van der Waals surface area contributed by atoms with E-state index < -0.39 is 0 Å². The van der Waals surface area contributed by atoms with Crippen molar-refractivity contribution in [2.75, 3.05) is 25.2 Å². The maximum absolute atomic E-state index is 12.1. The second-order valence-electron chi connectivity index (χ2n) is 4.33. The van der Waals surface area contributed by atoms with Crippen molar-refractivity contribution in [1.82, 2.24) is 0 Å². The molecule has 0 saturated carbocycles. The second kappa shape index (κ2) is 5.78. The highest BCUT2D eigenvalue weighted by Crippen LogP contribution is 2.27. The Balaban J connectivity index is 2.13. The van der Waals surface area contributed by atoms with Gasteiger partial charge in [0, 0.05) is 38.7 Å². The summed E-state index contributed by atoms with van der Waals surface area (Å²) in [5.74, 6) is 0.179. The van der Waals surface area contributed by atoms with E-state index in [2.05, 4.69) is 0 Å². The minimum atomic E-state index is 0.0620. The molecule has 0 spiro atoms. The van der Waals surface area contributed by atoms with E-state index in [1.165, 1.54) is 0 Å². The Morgan fingerprint density at radius 2 is 2.17 bits per heavy atom. The van der Waals surface area contributed by atoms with Crippen molar-refractivity contribution in [3.8, 4) is 0 Å². The molecule has 0 atom stereocenters. The molecular formula is C14H17NO3. The van der Waals surface area contributed by atoms with E-state index in [1.54, 1.807) is 18.1 Å². The molecule has 1 aromatic carbocycles. The third-order valence-electron chi connectivity index (χ3n) is 3.10. The van der Waals surface area contributed by atoms with Crippen LogP contribution in [0.15, 0.2) is 24.3 Å². The average Bonchev–Trinajstić information content (AvgIpc) is 2.39. The van der Waals surface area contributed by atoms with E-state index in [0.717, 1.165) is 5.69 Å². The maximum atomic E-state index is 12.1. The number of methoxy groups -OCH3 is 1. The molecule has 4 heteroatoms. The molecule has 1 aliphatic rings. The van der Waals surface area contributed by atoms with Crippen LogP contribution in [0.1, 0.15) is 29.6 Å². The number of amides is 1. The number of ketones is 1. The SMILES string of the molecule is COCCCC(=O)N1CCC(=O)c2ccccc21. The van der Waals surface area contributed by atoms with E-state index in [4.69, 9.17) is 4.74 Å². The first-order valence-corrected chi connectivity index (χ1v) is 6.15. The summed E-state index contributed by atoms with van der Waals surface area (Å²) < 4.78 is 4.94. The minimum Gasteiger partial charge on any atom is -0.385 e. The van der Waals surface area contributed by atoms with Crippen molar-refractivity contribution in [1.29, 1.82) is 0 Å². The molecule has 4 nitrogen and oxygen atoms in total. The average molecular weight is 247 g/mol. The second-order valence-corrected chi connectivity index (χ2v) is 4.33. The van der Waals surface area contributed by atoms with E-state index in [9.17, 15) is 9.59 Å². The van der Waals surface area contributed by atoms with Gasteiger partial charge in [0.25, 0.3) is 0 Å². The fourth-order valence-corrected chi connectivity index (χ4v) is 2.18. The Labute approximate surface area is 107 Å². The highest BCUT2D eigenvalue weighted by atomic mass is 16.5. The number of ether oxygens (including phenoxy) is 1. The molecule has 0 bridgehead atoms. The summed E-state index contributed by atoms with van der Waals surface area (Å²) >= 11 is 0. The van der Waals surface area contributed by atoms with Gasteiger partial charge >= 0.3 is 0 Å². The zero-order valence-electron chi connectivity index (χ0n) is 10.5. The van der Waals surface area contributed by atoms with Crippen LogP contribution in [0.5, 0.6) is 0 Å². The van der Waals surface area contributed by atoms with Crippen molar-refractivity contribution < 1.29 is 14.3 Å². The number of anilines is 1. The summed E-state index contributed by atoms with van der Waals surface area (Å²) in [6.45, 7) is 1.07. The molecule has 1 aromatic rings. The monoisotopic (exact) mass is 247 g/mol. The summed E-state index contributed by atoms with van der Waals surface area (Å²) in [7, 11) is 1.62. The first-order chi connectivity index (χ1) is 8.74. The third-order valence-corrected chi connectivity index (χ3v) is 3.10. The molecule has 1 aliphatic heterocycles. The highest BCUT2D eigenvalue weighted by Gasteiger charge is 2.26. The Bertz CT molecular complexity index is 456. The van der Waals surface area contributed by atoms with Crippen LogP contribution >= 0.6 is 0 Å². The van der Waals surface area contributed by atoms with E-state index in [0.29, 0.717) is 38.0 Å². The van der Waals surface area contributed by atoms with Gasteiger partial charge < -0.3 is 9.64 Å². The van der Waals surface area contributed by atoms with Crippen LogP contribution < -0.4 is 4.90 Å². The predicted molar refractivity (Wildman–Crippen MR) is 68.9 cm³/mol. The predicted octanol–water partition coefficient (Wildman–Crippen LogP) is 2.03. The number of hydrogen-bond donors (Lipinski definition) is 0. The number of rotatable bonds is 4. The minimum absolute atomic E-state index is 0.0620. The molecule has 1 amide bonds. The van der Waals surface area contributed by atoms with Crippen LogP contribution in [0.3, 0.4) is 0 Å². The van der Waals surface area contributed by atoms with Crippen LogP contribution in [0.25, 0.3) is 0 Å². The molecule has 0 aliphatic carbocycles. The lowest BCUT2D eigenvalue weighted by atomic mass is 10.00. The molecule has 0 aromatic heterocycles. The Morgan fingerprint density at radius 3 is 2.94 bits per heavy atom. The molecule has 0 radical (unpaired) electrons. The molecule has 96 valence electrons. The van der Waals surface area contributed by atoms with Gasteiger partial charge in [0.1, 0.15) is 0 Å². The van der Waals surface area contributed by atoms with Crippen LogP contribution in [0, 0.1) is 0 Å². The van der Waals surface area contributed by atoms with Crippen molar-refractivity contribution in [2.24, 2.45) is 0 Å². The Morgan fingerprint density at radius 1 is 1.39 bits per heavy atom. The lowest BCUT2D eigenvalue weighted by Crippen LogP contribution is -2.37. The van der Waals surface area contributed by atoms with Gasteiger partial charge in [-0.2, -0.15) is 0 Å². The van der Waals surface area contributed by atoms with Crippen molar-refractivity contribution in [3.05, 3.63) is 29.8 Å². The van der Waals surface area contributed by atoms with E-state index >= 15 is 0 Å². The molecule has 1 heterocycles. The van der Waals surface area contributed by atoms with Crippen molar-refractivity contribution in [2.45, 2.75) is 19.3 Å². The Kier molecular flexibility index (Phi) is 4.10. The smallest absolute Gasteiger partial charge is 0.227 e. The number of para-hydroxylation sites is 1. The van der Waals surface area contributed by atoms with E-state index in [1.807, 2.05) is 18.2 Å². The van der Waals surface area contributed by atoms with E-state index in [-0.39, 0.29) is 11.7 Å². The van der Waals surface area contributed by atoms with Gasteiger partial charge in [-0.15, -0.1) is 0 Å². The number of carbonyl (C=O) groups excluding carboxylic acids is 2. The third kappa shape index (κ3) is 2.59. The summed E-state index contributed by atoms with van der Waals surface area (Å²) in [5, 5.41) is 0. The fourth-order valence-electron chi connectivity index (χ4n) is 2.18.